The Hall–Kier alpha value is -4.01. The Morgan fingerprint density at radius 3 is 1.47 bits per heavy atom. The molecule has 0 fully saturated rings. The van der Waals surface area contributed by atoms with Crippen LogP contribution in [0.15, 0.2) is 109 Å². The molecule has 0 heterocycles. The number of aliphatic carboxylic acids is 1. The number of allylic oxidation sites excluding steroid dienone is 18. The fourth-order valence-corrected chi connectivity index (χ4v) is 6.41. The molecule has 62 heavy (non-hydrogen) atoms. The quantitative estimate of drug-likeness (QED) is 0.0198. The van der Waals surface area contributed by atoms with E-state index in [1.807, 2.05) is 60.8 Å². The molecule has 0 aromatic carbocycles. The topological polar surface area (TPSA) is 102 Å². The highest BCUT2D eigenvalue weighted by molar-refractivity contribution is 5.70. The van der Waals surface area contributed by atoms with Gasteiger partial charge in [0.1, 0.15) is 12.6 Å². The van der Waals surface area contributed by atoms with Gasteiger partial charge >= 0.3 is 11.9 Å². The van der Waals surface area contributed by atoms with Crippen LogP contribution in [-0.4, -0.2) is 75.5 Å². The van der Waals surface area contributed by atoms with Crippen molar-refractivity contribution < 1.29 is 38.2 Å². The van der Waals surface area contributed by atoms with E-state index in [0.29, 0.717) is 12.8 Å². The Bertz CT molecular complexity index is 1370. The van der Waals surface area contributed by atoms with E-state index in [1.165, 1.54) is 57.8 Å². The number of carboxylic acid groups (broad SMARTS) is 1. The first kappa shape index (κ1) is 58.0. The van der Waals surface area contributed by atoms with Crippen molar-refractivity contribution in [1.82, 2.24) is 0 Å². The standard InChI is InChI=1S/C54H87NO7/c1-6-8-10-12-14-16-18-20-22-24-25-26-27-29-30-32-34-36-38-40-42-44-52(56)61-49-50(48-60-47-46-51(54(58)59)55(3,4)5)62-53(57)45-43-41-39-37-35-33-31-28-23-21-19-17-15-13-11-9-7-2/h8-11,13-17,19-23,28,31,33,35,50-51H,6-7,12,18,24-27,29-30,32,34,36-49H2,1-5H3/b10-8+,11-9+,15-13+,16-14+,19-17+,22-20+,23-21+,31-28+,35-33+. The Balaban J connectivity index is 4.37. The Labute approximate surface area is 378 Å². The highest BCUT2D eigenvalue weighted by Crippen LogP contribution is 2.14. The predicted molar refractivity (Wildman–Crippen MR) is 258 cm³/mol. The summed E-state index contributed by atoms with van der Waals surface area (Å²) in [5.41, 5.74) is 0. The van der Waals surface area contributed by atoms with Gasteiger partial charge in [-0.15, -0.1) is 0 Å². The van der Waals surface area contributed by atoms with E-state index in [4.69, 9.17) is 14.2 Å². The van der Waals surface area contributed by atoms with Crippen molar-refractivity contribution in [3.05, 3.63) is 109 Å². The third-order valence-corrected chi connectivity index (χ3v) is 10.1. The van der Waals surface area contributed by atoms with Crippen LogP contribution < -0.4 is 5.11 Å². The summed E-state index contributed by atoms with van der Waals surface area (Å²) < 4.78 is 17.2. The number of hydrogen-bond acceptors (Lipinski definition) is 7. The molecule has 8 heteroatoms. The molecular weight excluding hydrogens is 775 g/mol. The number of nitrogens with zero attached hydrogens (tertiary/aromatic N) is 1. The average Bonchev–Trinajstić information content (AvgIpc) is 3.23. The molecule has 0 spiro atoms. The monoisotopic (exact) mass is 862 g/mol. The van der Waals surface area contributed by atoms with Gasteiger partial charge in [0.25, 0.3) is 0 Å². The lowest BCUT2D eigenvalue weighted by Gasteiger charge is -2.34. The van der Waals surface area contributed by atoms with Gasteiger partial charge < -0.3 is 28.6 Å². The first-order valence-corrected chi connectivity index (χ1v) is 24.0. The van der Waals surface area contributed by atoms with Gasteiger partial charge in [0.2, 0.25) is 0 Å². The summed E-state index contributed by atoms with van der Waals surface area (Å²) in [5.74, 6) is -1.81. The number of esters is 2. The zero-order valence-electron chi connectivity index (χ0n) is 39.7. The minimum absolute atomic E-state index is 0.0145. The SMILES string of the molecule is CC/C=C/C=C/C=C/C=C/C=C/C=C/CCCCCC(=O)OC(COCCC(C(=O)[O-])[N+](C)(C)C)COC(=O)CCCCCCCCCCCCC/C=C/C/C=C/C/C=C/CC. The van der Waals surface area contributed by atoms with Crippen LogP contribution in [0.5, 0.6) is 0 Å². The fourth-order valence-electron chi connectivity index (χ4n) is 6.41. The van der Waals surface area contributed by atoms with Crippen molar-refractivity contribution in [2.24, 2.45) is 0 Å². The lowest BCUT2D eigenvalue weighted by atomic mass is 10.0. The molecule has 350 valence electrons. The largest absolute Gasteiger partial charge is 0.544 e. The number of ether oxygens (including phenoxy) is 3. The Kier molecular flexibility index (Phi) is 40.8. The number of unbranched alkanes of at least 4 members (excludes halogenated alkanes) is 14. The molecule has 0 aliphatic heterocycles. The van der Waals surface area contributed by atoms with E-state index in [1.54, 1.807) is 21.1 Å². The first-order chi connectivity index (χ1) is 30.1. The van der Waals surface area contributed by atoms with Crippen LogP contribution in [0, 0.1) is 0 Å². The summed E-state index contributed by atoms with van der Waals surface area (Å²) in [5, 5.41) is 11.6. The van der Waals surface area contributed by atoms with Crippen LogP contribution in [0.4, 0.5) is 0 Å². The van der Waals surface area contributed by atoms with Crippen LogP contribution in [0.1, 0.15) is 162 Å². The van der Waals surface area contributed by atoms with E-state index in [0.717, 1.165) is 64.2 Å². The fraction of sp³-hybridized carbons (Fsp3) is 0.611. The van der Waals surface area contributed by atoms with Gasteiger partial charge in [0.15, 0.2) is 6.10 Å². The number of quaternary nitrogens is 1. The van der Waals surface area contributed by atoms with Crippen LogP contribution in [-0.2, 0) is 28.6 Å². The zero-order valence-corrected chi connectivity index (χ0v) is 39.7. The lowest BCUT2D eigenvalue weighted by molar-refractivity contribution is -0.889. The molecule has 0 saturated carbocycles. The van der Waals surface area contributed by atoms with Crippen molar-refractivity contribution >= 4 is 17.9 Å². The summed E-state index contributed by atoms with van der Waals surface area (Å²) in [6, 6.07) is -0.742. The van der Waals surface area contributed by atoms with Crippen molar-refractivity contribution in [3.8, 4) is 0 Å². The number of rotatable bonds is 41. The molecule has 0 aromatic heterocycles. The zero-order chi connectivity index (χ0) is 45.6. The van der Waals surface area contributed by atoms with E-state index in [2.05, 4.69) is 62.5 Å². The molecule has 0 aliphatic rings. The Morgan fingerprint density at radius 1 is 0.500 bits per heavy atom. The normalized spacial score (nSPS) is 13.9. The van der Waals surface area contributed by atoms with Crippen molar-refractivity contribution in [2.45, 2.75) is 174 Å². The summed E-state index contributed by atoms with van der Waals surface area (Å²) >= 11 is 0. The van der Waals surface area contributed by atoms with Gasteiger partial charge in [-0.1, -0.05) is 187 Å². The highest BCUT2D eigenvalue weighted by atomic mass is 16.6. The van der Waals surface area contributed by atoms with Gasteiger partial charge in [0.05, 0.1) is 40.3 Å². The summed E-state index contributed by atoms with van der Waals surface area (Å²) in [7, 11) is 5.38. The minimum Gasteiger partial charge on any atom is -0.544 e. The number of hydrogen-bond donors (Lipinski definition) is 0. The molecule has 8 nitrogen and oxygen atoms in total. The smallest absolute Gasteiger partial charge is 0.306 e. The second-order valence-electron chi connectivity index (χ2n) is 16.7. The van der Waals surface area contributed by atoms with Crippen LogP contribution in [0.2, 0.25) is 0 Å². The third-order valence-electron chi connectivity index (χ3n) is 10.1. The van der Waals surface area contributed by atoms with E-state index in [9.17, 15) is 19.5 Å². The maximum absolute atomic E-state index is 12.7. The second-order valence-corrected chi connectivity index (χ2v) is 16.7. The molecule has 0 rings (SSSR count). The highest BCUT2D eigenvalue weighted by Gasteiger charge is 2.25. The van der Waals surface area contributed by atoms with Gasteiger partial charge in [0, 0.05) is 19.3 Å². The molecule has 0 aromatic rings. The van der Waals surface area contributed by atoms with Crippen LogP contribution in [0.3, 0.4) is 0 Å². The van der Waals surface area contributed by atoms with Gasteiger partial charge in [-0.3, -0.25) is 9.59 Å². The molecule has 0 bridgehead atoms. The molecular formula is C54H87NO7. The molecule has 2 atom stereocenters. The van der Waals surface area contributed by atoms with Gasteiger partial charge in [-0.25, -0.2) is 0 Å². The van der Waals surface area contributed by atoms with E-state index < -0.39 is 18.1 Å². The maximum Gasteiger partial charge on any atom is 0.306 e. The molecule has 2 unspecified atom stereocenters. The summed E-state index contributed by atoms with van der Waals surface area (Å²) in [4.78, 5) is 37.0. The number of likely N-dealkylation sites (N-methyl/N-ethyl adjacent to an activating group) is 1. The van der Waals surface area contributed by atoms with Crippen molar-refractivity contribution in [1.29, 1.82) is 0 Å². The maximum atomic E-state index is 12.7. The summed E-state index contributed by atoms with van der Waals surface area (Å²) in [6.45, 7) is 4.34. The number of carbonyl (C=O) groups excluding carboxylic acids is 3. The Morgan fingerprint density at radius 2 is 0.935 bits per heavy atom. The molecule has 0 radical (unpaired) electrons. The molecule has 0 N–H and O–H groups in total. The molecule has 0 saturated heterocycles. The van der Waals surface area contributed by atoms with Gasteiger partial charge in [-0.05, 0) is 64.2 Å². The lowest BCUT2D eigenvalue weighted by Crippen LogP contribution is -2.55. The number of carbonyl (C=O) groups is 3. The third kappa shape index (κ3) is 41.3. The van der Waals surface area contributed by atoms with Crippen LogP contribution in [0.25, 0.3) is 0 Å². The first-order valence-electron chi connectivity index (χ1n) is 24.0. The second kappa shape index (κ2) is 43.6. The summed E-state index contributed by atoms with van der Waals surface area (Å²) in [6.07, 6.45) is 59.7. The predicted octanol–water partition coefficient (Wildman–Crippen LogP) is 12.3. The molecule has 0 aliphatic carbocycles. The molecule has 0 amide bonds. The van der Waals surface area contributed by atoms with Crippen LogP contribution >= 0.6 is 0 Å². The minimum atomic E-state index is -1.14. The van der Waals surface area contributed by atoms with E-state index in [-0.39, 0.29) is 49.1 Å². The van der Waals surface area contributed by atoms with Crippen molar-refractivity contribution in [2.75, 3.05) is 41.0 Å². The van der Waals surface area contributed by atoms with Crippen molar-refractivity contribution in [3.63, 3.8) is 0 Å². The number of carboxylic acids is 1. The van der Waals surface area contributed by atoms with Gasteiger partial charge in [-0.2, -0.15) is 0 Å². The van der Waals surface area contributed by atoms with E-state index >= 15 is 0 Å². The average molecular weight is 862 g/mol.